The summed E-state index contributed by atoms with van der Waals surface area (Å²) in [6.45, 7) is 0.566. The Morgan fingerprint density at radius 3 is 2.79 bits per heavy atom. The molecule has 19 heavy (non-hydrogen) atoms. The molecule has 0 amide bonds. The molecule has 0 unspecified atom stereocenters. The van der Waals surface area contributed by atoms with E-state index in [1.165, 1.54) is 12.1 Å². The first-order valence-electron chi connectivity index (χ1n) is 5.92. The number of rotatable bonds is 2. The summed E-state index contributed by atoms with van der Waals surface area (Å²) >= 11 is 6.15. The van der Waals surface area contributed by atoms with E-state index in [9.17, 15) is 4.39 Å². The number of benzene rings is 2. The van der Waals surface area contributed by atoms with Gasteiger partial charge in [-0.1, -0.05) is 11.6 Å². The fourth-order valence-electron chi connectivity index (χ4n) is 2.19. The van der Waals surface area contributed by atoms with Crippen LogP contribution in [0.3, 0.4) is 0 Å². The molecule has 96 valence electrons. The van der Waals surface area contributed by atoms with Crippen molar-refractivity contribution < 1.29 is 4.39 Å². The lowest BCUT2D eigenvalue weighted by molar-refractivity contribution is 0.628. The number of aromatic nitrogens is 1. The zero-order chi connectivity index (χ0) is 13.4. The van der Waals surface area contributed by atoms with Crippen LogP contribution in [0.25, 0.3) is 10.9 Å². The van der Waals surface area contributed by atoms with Gasteiger partial charge >= 0.3 is 0 Å². The average molecular weight is 275 g/mol. The van der Waals surface area contributed by atoms with Gasteiger partial charge in [0.15, 0.2) is 0 Å². The van der Waals surface area contributed by atoms with Crippen molar-refractivity contribution in [2.75, 3.05) is 5.73 Å². The van der Waals surface area contributed by atoms with Gasteiger partial charge in [-0.15, -0.1) is 0 Å². The number of fused-ring (bicyclic) bond motifs is 1. The van der Waals surface area contributed by atoms with Crippen molar-refractivity contribution in [2.24, 2.45) is 0 Å². The van der Waals surface area contributed by atoms with Gasteiger partial charge in [-0.3, -0.25) is 0 Å². The lowest BCUT2D eigenvalue weighted by Gasteiger charge is -2.08. The van der Waals surface area contributed by atoms with Gasteiger partial charge in [-0.2, -0.15) is 0 Å². The molecule has 4 heteroatoms. The van der Waals surface area contributed by atoms with Crippen LogP contribution < -0.4 is 5.73 Å². The standard InChI is InChI=1S/C15H12ClFN2/c16-14-4-3-13(18)7-11(14)9-19-6-5-10-1-2-12(17)8-15(10)19/h1-8H,9,18H2. The van der Waals surface area contributed by atoms with Crippen LogP contribution in [-0.2, 0) is 6.54 Å². The molecule has 0 bridgehead atoms. The highest BCUT2D eigenvalue weighted by Gasteiger charge is 2.06. The predicted octanol–water partition coefficient (Wildman–Crippen LogP) is 4.06. The van der Waals surface area contributed by atoms with Crippen LogP contribution in [0.1, 0.15) is 5.56 Å². The third-order valence-corrected chi connectivity index (χ3v) is 3.52. The van der Waals surface area contributed by atoms with Crippen LogP contribution in [0.15, 0.2) is 48.7 Å². The second-order valence-electron chi connectivity index (χ2n) is 4.50. The van der Waals surface area contributed by atoms with Crippen molar-refractivity contribution in [3.63, 3.8) is 0 Å². The summed E-state index contributed by atoms with van der Waals surface area (Å²) in [5.74, 6) is -0.244. The molecule has 2 nitrogen and oxygen atoms in total. The van der Waals surface area contributed by atoms with E-state index < -0.39 is 0 Å². The summed E-state index contributed by atoms with van der Waals surface area (Å²) in [7, 11) is 0. The summed E-state index contributed by atoms with van der Waals surface area (Å²) in [6, 6.07) is 12.1. The highest BCUT2D eigenvalue weighted by molar-refractivity contribution is 6.31. The first-order chi connectivity index (χ1) is 9.13. The summed E-state index contributed by atoms with van der Waals surface area (Å²) in [5.41, 5.74) is 8.20. The van der Waals surface area contributed by atoms with Gasteiger partial charge in [0.2, 0.25) is 0 Å². The largest absolute Gasteiger partial charge is 0.399 e. The zero-order valence-corrected chi connectivity index (χ0v) is 10.9. The van der Waals surface area contributed by atoms with Gasteiger partial charge in [0, 0.05) is 23.5 Å². The number of nitrogen functional groups attached to an aromatic ring is 1. The predicted molar refractivity (Wildman–Crippen MR) is 76.9 cm³/mol. The molecule has 0 atom stereocenters. The van der Waals surface area contributed by atoms with Gasteiger partial charge in [-0.25, -0.2) is 4.39 Å². The van der Waals surface area contributed by atoms with Crippen LogP contribution in [0.2, 0.25) is 5.02 Å². The summed E-state index contributed by atoms with van der Waals surface area (Å²) < 4.78 is 15.3. The van der Waals surface area contributed by atoms with E-state index in [4.69, 9.17) is 17.3 Å². The van der Waals surface area contributed by atoms with Crippen molar-refractivity contribution in [1.29, 1.82) is 0 Å². The van der Waals surface area contributed by atoms with E-state index in [2.05, 4.69) is 0 Å². The molecule has 0 radical (unpaired) electrons. The molecule has 0 saturated heterocycles. The maximum atomic E-state index is 13.3. The Morgan fingerprint density at radius 1 is 1.11 bits per heavy atom. The van der Waals surface area contributed by atoms with Crippen LogP contribution in [0.5, 0.6) is 0 Å². The van der Waals surface area contributed by atoms with E-state index in [0.717, 1.165) is 16.5 Å². The summed E-state index contributed by atoms with van der Waals surface area (Å²) in [4.78, 5) is 0. The smallest absolute Gasteiger partial charge is 0.125 e. The number of anilines is 1. The Labute approximate surface area is 115 Å². The maximum absolute atomic E-state index is 13.3. The highest BCUT2D eigenvalue weighted by Crippen LogP contribution is 2.23. The lowest BCUT2D eigenvalue weighted by atomic mass is 10.2. The monoisotopic (exact) mass is 274 g/mol. The third-order valence-electron chi connectivity index (χ3n) is 3.15. The topological polar surface area (TPSA) is 30.9 Å². The first-order valence-corrected chi connectivity index (χ1v) is 6.29. The van der Waals surface area contributed by atoms with Crippen LogP contribution in [-0.4, -0.2) is 4.57 Å². The molecule has 3 aromatic rings. The molecule has 2 N–H and O–H groups in total. The van der Waals surface area contributed by atoms with Gasteiger partial charge < -0.3 is 10.3 Å². The first kappa shape index (κ1) is 12.1. The quantitative estimate of drug-likeness (QED) is 0.702. The van der Waals surface area contributed by atoms with Crippen molar-refractivity contribution in [3.8, 4) is 0 Å². The SMILES string of the molecule is Nc1ccc(Cl)c(Cn2ccc3ccc(F)cc32)c1. The fourth-order valence-corrected chi connectivity index (χ4v) is 2.37. The Kier molecular flexibility index (Phi) is 2.91. The molecule has 0 spiro atoms. The molecule has 0 aliphatic heterocycles. The molecule has 0 aliphatic rings. The molecule has 0 saturated carbocycles. The van der Waals surface area contributed by atoms with Gasteiger partial charge in [0.25, 0.3) is 0 Å². The molecule has 1 aromatic heterocycles. The number of nitrogens with zero attached hydrogens (tertiary/aromatic N) is 1. The minimum absolute atomic E-state index is 0.244. The van der Waals surface area contributed by atoms with Gasteiger partial charge in [0.05, 0.1) is 5.52 Å². The van der Waals surface area contributed by atoms with Crippen molar-refractivity contribution in [1.82, 2.24) is 4.57 Å². The summed E-state index contributed by atoms with van der Waals surface area (Å²) in [6.07, 6.45) is 1.92. The second kappa shape index (κ2) is 4.59. The maximum Gasteiger partial charge on any atom is 0.125 e. The van der Waals surface area contributed by atoms with E-state index in [0.29, 0.717) is 17.3 Å². The number of hydrogen-bond donors (Lipinski definition) is 1. The van der Waals surface area contributed by atoms with Crippen molar-refractivity contribution in [3.05, 3.63) is 65.1 Å². The number of halogens is 2. The van der Waals surface area contributed by atoms with Crippen LogP contribution in [0, 0.1) is 5.82 Å². The second-order valence-corrected chi connectivity index (χ2v) is 4.90. The molecule has 0 fully saturated rings. The Hall–Kier alpha value is -2.00. The minimum Gasteiger partial charge on any atom is -0.399 e. The number of nitrogens with two attached hydrogens (primary N) is 1. The number of hydrogen-bond acceptors (Lipinski definition) is 1. The lowest BCUT2D eigenvalue weighted by Crippen LogP contribution is -2.00. The van der Waals surface area contributed by atoms with E-state index in [1.54, 1.807) is 18.2 Å². The molecular weight excluding hydrogens is 263 g/mol. The van der Waals surface area contributed by atoms with Gasteiger partial charge in [-0.05, 0) is 53.4 Å². The average Bonchev–Trinajstić information content (AvgIpc) is 2.77. The Balaban J connectivity index is 2.05. The fraction of sp³-hybridized carbons (Fsp3) is 0.0667. The minimum atomic E-state index is -0.244. The third kappa shape index (κ3) is 2.29. The molecule has 2 aromatic carbocycles. The zero-order valence-electron chi connectivity index (χ0n) is 10.1. The highest BCUT2D eigenvalue weighted by atomic mass is 35.5. The van der Waals surface area contributed by atoms with Crippen LogP contribution in [0.4, 0.5) is 10.1 Å². The van der Waals surface area contributed by atoms with E-state index >= 15 is 0 Å². The summed E-state index contributed by atoms with van der Waals surface area (Å²) in [5, 5.41) is 1.66. The molecule has 3 rings (SSSR count). The van der Waals surface area contributed by atoms with Crippen LogP contribution >= 0.6 is 11.6 Å². The Bertz CT molecular complexity index is 749. The molecule has 0 aliphatic carbocycles. The van der Waals surface area contributed by atoms with E-state index in [1.807, 2.05) is 22.9 Å². The van der Waals surface area contributed by atoms with Gasteiger partial charge in [0.1, 0.15) is 5.82 Å². The van der Waals surface area contributed by atoms with Crippen molar-refractivity contribution >= 4 is 28.2 Å². The normalized spacial score (nSPS) is 11.1. The molecular formula is C15H12ClFN2. The Morgan fingerprint density at radius 2 is 1.95 bits per heavy atom. The molecule has 1 heterocycles. The van der Waals surface area contributed by atoms with E-state index in [-0.39, 0.29) is 5.82 Å². The van der Waals surface area contributed by atoms with Crippen molar-refractivity contribution in [2.45, 2.75) is 6.54 Å².